The van der Waals surface area contributed by atoms with Gasteiger partial charge in [0.1, 0.15) is 6.34 Å². The molecule has 0 atom stereocenters. The molecule has 17 heavy (non-hydrogen) atoms. The van der Waals surface area contributed by atoms with Crippen molar-refractivity contribution < 1.29 is 10.1 Å². The van der Waals surface area contributed by atoms with Gasteiger partial charge < -0.3 is 0 Å². The molecule has 6 heteroatoms. The Morgan fingerprint density at radius 3 is 2.59 bits per heavy atom. The maximum absolute atomic E-state index is 10.9. The highest BCUT2D eigenvalue weighted by molar-refractivity contribution is 5.99. The van der Waals surface area contributed by atoms with Crippen LogP contribution in [0.25, 0.3) is 10.8 Å². The third-order valence-corrected chi connectivity index (χ3v) is 2.34. The van der Waals surface area contributed by atoms with Gasteiger partial charge in [-0.25, -0.2) is 4.99 Å². The van der Waals surface area contributed by atoms with Gasteiger partial charge in [-0.15, -0.1) is 0 Å². The van der Waals surface area contributed by atoms with Crippen LogP contribution in [-0.2, 0) is 0 Å². The molecule has 2 N–H and O–H groups in total. The van der Waals surface area contributed by atoms with Gasteiger partial charge in [-0.1, -0.05) is 18.2 Å². The molecule has 0 spiro atoms. The van der Waals surface area contributed by atoms with E-state index in [1.807, 2.05) is 0 Å². The highest BCUT2D eigenvalue weighted by atomic mass is 16.6. The lowest BCUT2D eigenvalue weighted by atomic mass is 10.1. The van der Waals surface area contributed by atoms with Crippen LogP contribution in [0.1, 0.15) is 0 Å². The van der Waals surface area contributed by atoms with Crippen molar-refractivity contribution in [3.8, 4) is 0 Å². The quantitative estimate of drug-likeness (QED) is 0.367. The highest BCUT2D eigenvalue weighted by Gasteiger charge is 2.12. The van der Waals surface area contributed by atoms with E-state index < -0.39 is 4.92 Å². The zero-order chi connectivity index (χ0) is 12.3. The van der Waals surface area contributed by atoms with Gasteiger partial charge in [0.25, 0.3) is 5.69 Å². The zero-order valence-electron chi connectivity index (χ0n) is 8.70. The lowest BCUT2D eigenvalue weighted by Gasteiger charge is -2.02. The first kappa shape index (κ1) is 11.0. The molecule has 0 radical (unpaired) electrons. The van der Waals surface area contributed by atoms with Crippen molar-refractivity contribution in [1.29, 1.82) is 0 Å². The van der Waals surface area contributed by atoms with Crippen LogP contribution < -0.4 is 5.48 Å². The number of hydrogen-bond acceptors (Lipinski definition) is 4. The number of non-ortho nitro benzene ring substituents is 1. The number of benzene rings is 2. The average Bonchev–Trinajstić information content (AvgIpc) is 2.35. The molecule has 0 amide bonds. The van der Waals surface area contributed by atoms with E-state index in [-0.39, 0.29) is 5.69 Å². The summed E-state index contributed by atoms with van der Waals surface area (Å²) in [4.78, 5) is 14.4. The number of hydrogen-bond donors (Lipinski definition) is 2. The van der Waals surface area contributed by atoms with Crippen molar-refractivity contribution in [3.63, 3.8) is 0 Å². The van der Waals surface area contributed by atoms with Crippen LogP contribution in [0, 0.1) is 10.1 Å². The van der Waals surface area contributed by atoms with Gasteiger partial charge in [-0.3, -0.25) is 20.8 Å². The molecule has 0 fully saturated rings. The normalized spacial score (nSPS) is 10.9. The summed E-state index contributed by atoms with van der Waals surface area (Å²) in [5.74, 6) is 0. The molecule has 0 heterocycles. The van der Waals surface area contributed by atoms with Crippen LogP contribution in [0.15, 0.2) is 41.4 Å². The zero-order valence-corrected chi connectivity index (χ0v) is 8.70. The summed E-state index contributed by atoms with van der Waals surface area (Å²) < 4.78 is 0. The minimum atomic E-state index is -0.430. The molecule has 0 bridgehead atoms. The minimum absolute atomic E-state index is 0.0384. The number of hydroxylamine groups is 1. The highest BCUT2D eigenvalue weighted by Crippen LogP contribution is 2.32. The molecule has 6 nitrogen and oxygen atoms in total. The number of nitrogens with one attached hydrogen (secondary N) is 1. The van der Waals surface area contributed by atoms with Crippen LogP contribution in [0.4, 0.5) is 11.4 Å². The van der Waals surface area contributed by atoms with Gasteiger partial charge in [0.2, 0.25) is 0 Å². The minimum Gasteiger partial charge on any atom is -0.290 e. The van der Waals surface area contributed by atoms with Gasteiger partial charge in [0, 0.05) is 11.5 Å². The van der Waals surface area contributed by atoms with E-state index in [9.17, 15) is 10.1 Å². The monoisotopic (exact) mass is 231 g/mol. The molecule has 2 aromatic rings. The summed E-state index contributed by atoms with van der Waals surface area (Å²) in [6.45, 7) is 0. The Balaban J connectivity index is 2.70. The van der Waals surface area contributed by atoms with E-state index in [1.54, 1.807) is 29.7 Å². The first-order valence-electron chi connectivity index (χ1n) is 4.82. The number of rotatable bonds is 3. The van der Waals surface area contributed by atoms with Crippen LogP contribution in [0.5, 0.6) is 0 Å². The summed E-state index contributed by atoms with van der Waals surface area (Å²) >= 11 is 0. The molecule has 0 aliphatic rings. The standard InChI is InChI=1S/C11H9N3O3/c15-13-7-12-10-5-6-11(14(16)17)9-4-2-1-3-8(9)10/h1-7,15H,(H,12,13). The second kappa shape index (κ2) is 4.58. The predicted octanol–water partition coefficient (Wildman–Crippen LogP) is 2.39. The first-order chi connectivity index (χ1) is 8.24. The van der Waals surface area contributed by atoms with Crippen LogP contribution in [0.2, 0.25) is 0 Å². The Hall–Kier alpha value is -2.47. The molecule has 2 aromatic carbocycles. The van der Waals surface area contributed by atoms with Crippen LogP contribution >= 0.6 is 0 Å². The molecule has 0 unspecified atom stereocenters. The van der Waals surface area contributed by atoms with Gasteiger partial charge in [-0.2, -0.15) is 0 Å². The Bertz CT molecular complexity index is 596. The van der Waals surface area contributed by atoms with Crippen molar-refractivity contribution in [3.05, 3.63) is 46.5 Å². The van der Waals surface area contributed by atoms with Gasteiger partial charge >= 0.3 is 0 Å². The first-order valence-corrected chi connectivity index (χ1v) is 4.82. The predicted molar refractivity (Wildman–Crippen MR) is 63.7 cm³/mol. The van der Waals surface area contributed by atoms with Crippen molar-refractivity contribution in [2.75, 3.05) is 0 Å². The summed E-state index contributed by atoms with van der Waals surface area (Å²) in [5.41, 5.74) is 2.38. The van der Waals surface area contributed by atoms with Crippen LogP contribution in [-0.4, -0.2) is 16.5 Å². The van der Waals surface area contributed by atoms with E-state index >= 15 is 0 Å². The lowest BCUT2D eigenvalue weighted by Crippen LogP contribution is -2.01. The number of fused-ring (bicyclic) bond motifs is 1. The van der Waals surface area contributed by atoms with Gasteiger partial charge in [0.05, 0.1) is 16.0 Å². The molecule has 86 valence electrons. The Morgan fingerprint density at radius 2 is 1.94 bits per heavy atom. The van der Waals surface area contributed by atoms with E-state index in [0.29, 0.717) is 16.5 Å². The second-order valence-electron chi connectivity index (χ2n) is 3.29. The van der Waals surface area contributed by atoms with Crippen molar-refractivity contribution in [2.24, 2.45) is 4.99 Å². The van der Waals surface area contributed by atoms with Crippen molar-refractivity contribution in [2.45, 2.75) is 0 Å². The lowest BCUT2D eigenvalue weighted by molar-refractivity contribution is -0.383. The van der Waals surface area contributed by atoms with Gasteiger partial charge in [-0.05, 0) is 12.1 Å². The molecular weight excluding hydrogens is 222 g/mol. The fraction of sp³-hybridized carbons (Fsp3) is 0. The molecular formula is C11H9N3O3. The van der Waals surface area contributed by atoms with E-state index in [0.717, 1.165) is 6.34 Å². The summed E-state index contributed by atoms with van der Waals surface area (Å²) in [6, 6.07) is 9.84. The third-order valence-electron chi connectivity index (χ3n) is 2.34. The SMILES string of the molecule is O=[N+]([O-])c1ccc(N=CNO)c2ccccc12. The van der Waals surface area contributed by atoms with Crippen LogP contribution in [0.3, 0.4) is 0 Å². The maximum atomic E-state index is 10.9. The molecule has 0 aliphatic heterocycles. The molecule has 0 saturated heterocycles. The number of nitrogens with zero attached hydrogens (tertiary/aromatic N) is 2. The third kappa shape index (κ3) is 2.06. The summed E-state index contributed by atoms with van der Waals surface area (Å²) in [6.07, 6.45) is 1.10. The number of nitro groups is 1. The molecule has 0 saturated carbocycles. The topological polar surface area (TPSA) is 87.8 Å². The average molecular weight is 231 g/mol. The van der Waals surface area contributed by atoms with E-state index in [2.05, 4.69) is 4.99 Å². The molecule has 0 aliphatic carbocycles. The second-order valence-corrected chi connectivity index (χ2v) is 3.29. The Morgan fingerprint density at radius 1 is 1.24 bits per heavy atom. The van der Waals surface area contributed by atoms with Gasteiger partial charge in [0.15, 0.2) is 0 Å². The van der Waals surface area contributed by atoms with Crippen molar-refractivity contribution in [1.82, 2.24) is 5.48 Å². The maximum Gasteiger partial charge on any atom is 0.277 e. The Labute approximate surface area is 96.3 Å². The summed E-state index contributed by atoms with van der Waals surface area (Å²) in [7, 11) is 0. The smallest absolute Gasteiger partial charge is 0.277 e. The van der Waals surface area contributed by atoms with E-state index in [4.69, 9.17) is 5.21 Å². The number of aliphatic imine (C=N–C) groups is 1. The number of nitro benzene ring substituents is 1. The van der Waals surface area contributed by atoms with E-state index in [1.165, 1.54) is 12.1 Å². The largest absolute Gasteiger partial charge is 0.290 e. The fourth-order valence-corrected chi connectivity index (χ4v) is 1.64. The van der Waals surface area contributed by atoms with Crippen molar-refractivity contribution >= 4 is 28.5 Å². The fourth-order valence-electron chi connectivity index (χ4n) is 1.64. The molecule has 0 aromatic heterocycles. The summed E-state index contributed by atoms with van der Waals surface area (Å²) in [5, 5.41) is 20.5. The Kier molecular flexibility index (Phi) is 2.97. The molecule has 2 rings (SSSR count).